The molecule has 0 saturated heterocycles. The molecule has 1 aromatic carbocycles. The average molecular weight is 261 g/mol. The van der Waals surface area contributed by atoms with Gasteiger partial charge in [0.25, 0.3) is 5.91 Å². The van der Waals surface area contributed by atoms with E-state index in [2.05, 4.69) is 12.2 Å². The van der Waals surface area contributed by atoms with Crippen molar-refractivity contribution in [1.29, 1.82) is 0 Å². The van der Waals surface area contributed by atoms with Crippen molar-refractivity contribution in [2.45, 2.75) is 45.6 Å². The second-order valence-corrected chi connectivity index (χ2v) is 5.61. The number of hydrogen-bond acceptors (Lipinski definition) is 2. The highest BCUT2D eigenvalue weighted by molar-refractivity contribution is 5.94. The van der Waals surface area contributed by atoms with Crippen LogP contribution in [0.1, 0.15) is 48.5 Å². The van der Waals surface area contributed by atoms with Crippen LogP contribution in [0.2, 0.25) is 0 Å². The minimum Gasteiger partial charge on any atom is -0.496 e. The molecule has 0 bridgehead atoms. The second kappa shape index (κ2) is 6.09. The molecule has 2 rings (SSSR count). The summed E-state index contributed by atoms with van der Waals surface area (Å²) in [6.07, 6.45) is 4.61. The van der Waals surface area contributed by atoms with Crippen molar-refractivity contribution < 1.29 is 9.53 Å². The normalized spacial score (nSPS) is 22.9. The van der Waals surface area contributed by atoms with Crippen LogP contribution in [0.15, 0.2) is 18.2 Å². The molecule has 0 spiro atoms. The minimum absolute atomic E-state index is 0.0119. The molecule has 1 saturated carbocycles. The SMILES string of the molecule is COc1cc(C(=O)NC2CCC(C)CC2)ccc1C. The maximum absolute atomic E-state index is 12.2. The Balaban J connectivity index is 2.00. The lowest BCUT2D eigenvalue weighted by Crippen LogP contribution is -2.37. The average Bonchev–Trinajstić information content (AvgIpc) is 2.42. The van der Waals surface area contributed by atoms with Crippen LogP contribution in [0.3, 0.4) is 0 Å². The van der Waals surface area contributed by atoms with Gasteiger partial charge in [0.1, 0.15) is 5.75 Å². The highest BCUT2D eigenvalue weighted by Gasteiger charge is 2.20. The Hall–Kier alpha value is -1.51. The summed E-state index contributed by atoms with van der Waals surface area (Å²) >= 11 is 0. The molecule has 1 N–H and O–H groups in total. The van der Waals surface area contributed by atoms with E-state index in [0.29, 0.717) is 11.6 Å². The number of nitrogens with one attached hydrogen (secondary N) is 1. The van der Waals surface area contributed by atoms with Crippen LogP contribution in [-0.4, -0.2) is 19.1 Å². The van der Waals surface area contributed by atoms with E-state index < -0.39 is 0 Å². The quantitative estimate of drug-likeness (QED) is 0.906. The summed E-state index contributed by atoms with van der Waals surface area (Å²) in [5, 5.41) is 3.13. The van der Waals surface area contributed by atoms with Crippen molar-refractivity contribution in [3.05, 3.63) is 29.3 Å². The highest BCUT2D eigenvalue weighted by Crippen LogP contribution is 2.24. The number of carbonyl (C=O) groups excluding carboxylic acids is 1. The van der Waals surface area contributed by atoms with Gasteiger partial charge in [-0.25, -0.2) is 0 Å². The Morgan fingerprint density at radius 1 is 1.26 bits per heavy atom. The lowest BCUT2D eigenvalue weighted by molar-refractivity contribution is 0.0922. The molecule has 3 nitrogen and oxygen atoms in total. The Morgan fingerprint density at radius 2 is 1.95 bits per heavy atom. The lowest BCUT2D eigenvalue weighted by atomic mass is 9.87. The number of carbonyl (C=O) groups is 1. The fraction of sp³-hybridized carbons (Fsp3) is 0.562. The van der Waals surface area contributed by atoms with Crippen LogP contribution in [-0.2, 0) is 0 Å². The second-order valence-electron chi connectivity index (χ2n) is 5.61. The number of methoxy groups -OCH3 is 1. The van der Waals surface area contributed by atoms with Gasteiger partial charge in [-0.1, -0.05) is 13.0 Å². The first-order valence-corrected chi connectivity index (χ1v) is 7.05. The summed E-state index contributed by atoms with van der Waals surface area (Å²) in [6, 6.07) is 5.93. The molecule has 0 aliphatic heterocycles. The zero-order valence-electron chi connectivity index (χ0n) is 12.0. The van der Waals surface area contributed by atoms with E-state index in [0.717, 1.165) is 30.1 Å². The van der Waals surface area contributed by atoms with Gasteiger partial charge in [-0.05, 0) is 56.2 Å². The van der Waals surface area contributed by atoms with E-state index in [1.165, 1.54) is 12.8 Å². The molecule has 1 aromatic rings. The Bertz CT molecular complexity index is 448. The Labute approximate surface area is 115 Å². The molecule has 0 heterocycles. The molecule has 0 atom stereocenters. The summed E-state index contributed by atoms with van der Waals surface area (Å²) in [7, 11) is 1.63. The van der Waals surface area contributed by atoms with Crippen LogP contribution in [0.4, 0.5) is 0 Å². The van der Waals surface area contributed by atoms with Gasteiger partial charge in [0.2, 0.25) is 0 Å². The maximum atomic E-state index is 12.2. The van der Waals surface area contributed by atoms with Crippen molar-refractivity contribution in [3.63, 3.8) is 0 Å². The van der Waals surface area contributed by atoms with Crippen LogP contribution in [0, 0.1) is 12.8 Å². The van der Waals surface area contributed by atoms with Crippen molar-refractivity contribution in [3.8, 4) is 5.75 Å². The first kappa shape index (κ1) is 13.9. The summed E-state index contributed by atoms with van der Waals surface area (Å²) < 4.78 is 5.26. The molecular weight excluding hydrogens is 238 g/mol. The van der Waals surface area contributed by atoms with E-state index in [-0.39, 0.29) is 5.91 Å². The molecule has 1 fully saturated rings. The van der Waals surface area contributed by atoms with Crippen molar-refractivity contribution >= 4 is 5.91 Å². The zero-order chi connectivity index (χ0) is 13.8. The molecule has 1 aliphatic carbocycles. The van der Waals surface area contributed by atoms with E-state index in [9.17, 15) is 4.79 Å². The van der Waals surface area contributed by atoms with Gasteiger partial charge < -0.3 is 10.1 Å². The molecule has 1 amide bonds. The molecule has 0 unspecified atom stereocenters. The van der Waals surface area contributed by atoms with Crippen molar-refractivity contribution in [2.24, 2.45) is 5.92 Å². The Kier molecular flexibility index (Phi) is 4.46. The first-order chi connectivity index (χ1) is 9.10. The summed E-state index contributed by atoms with van der Waals surface area (Å²) in [5.41, 5.74) is 1.73. The number of rotatable bonds is 3. The summed E-state index contributed by atoms with van der Waals surface area (Å²) in [4.78, 5) is 12.2. The largest absolute Gasteiger partial charge is 0.496 e. The standard InChI is InChI=1S/C16H23NO2/c1-11-4-8-14(9-5-11)17-16(18)13-7-6-12(2)15(10-13)19-3/h6-7,10-11,14H,4-5,8-9H2,1-3H3,(H,17,18). The topological polar surface area (TPSA) is 38.3 Å². The zero-order valence-corrected chi connectivity index (χ0v) is 12.0. The molecule has 0 radical (unpaired) electrons. The monoisotopic (exact) mass is 261 g/mol. The van der Waals surface area contributed by atoms with Gasteiger partial charge in [0.15, 0.2) is 0 Å². The van der Waals surface area contributed by atoms with Gasteiger partial charge in [0.05, 0.1) is 7.11 Å². The minimum atomic E-state index is 0.0119. The van der Waals surface area contributed by atoms with E-state index in [1.807, 2.05) is 25.1 Å². The third kappa shape index (κ3) is 3.49. The fourth-order valence-corrected chi connectivity index (χ4v) is 2.63. The van der Waals surface area contributed by atoms with Crippen LogP contribution in [0.25, 0.3) is 0 Å². The van der Waals surface area contributed by atoms with Crippen LogP contribution >= 0.6 is 0 Å². The molecule has 1 aliphatic rings. The van der Waals surface area contributed by atoms with Crippen molar-refractivity contribution in [2.75, 3.05) is 7.11 Å². The van der Waals surface area contributed by atoms with E-state index >= 15 is 0 Å². The number of benzene rings is 1. The van der Waals surface area contributed by atoms with Crippen LogP contribution < -0.4 is 10.1 Å². The van der Waals surface area contributed by atoms with Gasteiger partial charge in [-0.2, -0.15) is 0 Å². The fourth-order valence-electron chi connectivity index (χ4n) is 2.63. The number of ether oxygens (including phenoxy) is 1. The summed E-state index contributed by atoms with van der Waals surface area (Å²) in [6.45, 7) is 4.26. The maximum Gasteiger partial charge on any atom is 0.251 e. The number of hydrogen-bond donors (Lipinski definition) is 1. The van der Waals surface area contributed by atoms with Crippen molar-refractivity contribution in [1.82, 2.24) is 5.32 Å². The molecule has 0 aromatic heterocycles. The smallest absolute Gasteiger partial charge is 0.251 e. The van der Waals surface area contributed by atoms with Gasteiger partial charge in [-0.3, -0.25) is 4.79 Å². The highest BCUT2D eigenvalue weighted by atomic mass is 16.5. The lowest BCUT2D eigenvalue weighted by Gasteiger charge is -2.27. The predicted octanol–water partition coefficient (Wildman–Crippen LogP) is 3.31. The predicted molar refractivity (Wildman–Crippen MR) is 76.6 cm³/mol. The first-order valence-electron chi connectivity index (χ1n) is 7.05. The van der Waals surface area contributed by atoms with Gasteiger partial charge >= 0.3 is 0 Å². The third-order valence-electron chi connectivity index (χ3n) is 4.02. The Morgan fingerprint density at radius 3 is 2.58 bits per heavy atom. The number of aryl methyl sites for hydroxylation is 1. The third-order valence-corrected chi connectivity index (χ3v) is 4.02. The van der Waals surface area contributed by atoms with Gasteiger partial charge in [0, 0.05) is 11.6 Å². The molecule has 3 heteroatoms. The van der Waals surface area contributed by atoms with E-state index in [4.69, 9.17) is 4.74 Å². The van der Waals surface area contributed by atoms with E-state index in [1.54, 1.807) is 7.11 Å². The van der Waals surface area contributed by atoms with Crippen LogP contribution in [0.5, 0.6) is 5.75 Å². The molecule has 19 heavy (non-hydrogen) atoms. The molecule has 104 valence electrons. The summed E-state index contributed by atoms with van der Waals surface area (Å²) in [5.74, 6) is 1.58. The number of amides is 1. The van der Waals surface area contributed by atoms with Gasteiger partial charge in [-0.15, -0.1) is 0 Å². The molecular formula is C16H23NO2.